The fourth-order valence-corrected chi connectivity index (χ4v) is 3.65. The van der Waals surface area contributed by atoms with Crippen LogP contribution in [-0.2, 0) is 6.61 Å². The van der Waals surface area contributed by atoms with Gasteiger partial charge in [0.05, 0.1) is 22.8 Å². The zero-order chi connectivity index (χ0) is 23.2. The van der Waals surface area contributed by atoms with Crippen LogP contribution in [0.4, 0.5) is 0 Å². The summed E-state index contributed by atoms with van der Waals surface area (Å²) in [6.07, 6.45) is 5.39. The minimum absolute atomic E-state index is 0.514. The SMILES string of the molecule is C=Cc1ccc(COc2ccc(-c3cc(-c4ccccn4)nc(-c4ccccn4)c3)cc2)cc1. The van der Waals surface area contributed by atoms with E-state index in [-0.39, 0.29) is 0 Å². The van der Waals surface area contributed by atoms with Crippen LogP contribution in [0.3, 0.4) is 0 Å². The van der Waals surface area contributed by atoms with E-state index in [9.17, 15) is 0 Å². The maximum Gasteiger partial charge on any atom is 0.119 e. The van der Waals surface area contributed by atoms with Crippen LogP contribution in [0.25, 0.3) is 40.0 Å². The van der Waals surface area contributed by atoms with E-state index in [0.717, 1.165) is 50.8 Å². The van der Waals surface area contributed by atoms with Gasteiger partial charge < -0.3 is 4.74 Å². The lowest BCUT2D eigenvalue weighted by atomic mass is 10.0. The molecule has 0 saturated carbocycles. The minimum Gasteiger partial charge on any atom is -0.489 e. The van der Waals surface area contributed by atoms with Crippen LogP contribution in [0.1, 0.15) is 11.1 Å². The molecule has 0 radical (unpaired) electrons. The smallest absolute Gasteiger partial charge is 0.119 e. The first kappa shape index (κ1) is 21.3. The predicted molar refractivity (Wildman–Crippen MR) is 137 cm³/mol. The largest absolute Gasteiger partial charge is 0.489 e. The maximum absolute atomic E-state index is 5.98. The van der Waals surface area contributed by atoms with Crippen molar-refractivity contribution in [2.24, 2.45) is 0 Å². The third kappa shape index (κ3) is 4.92. The molecule has 3 heterocycles. The Morgan fingerprint density at radius 1 is 0.647 bits per heavy atom. The van der Waals surface area contributed by atoms with Crippen molar-refractivity contribution in [2.45, 2.75) is 6.61 Å². The highest BCUT2D eigenvalue weighted by Gasteiger charge is 2.10. The molecule has 0 unspecified atom stereocenters. The summed E-state index contributed by atoms with van der Waals surface area (Å²) in [6, 6.07) is 32.1. The molecule has 0 aliphatic heterocycles. The van der Waals surface area contributed by atoms with Crippen molar-refractivity contribution in [3.63, 3.8) is 0 Å². The number of benzene rings is 2. The van der Waals surface area contributed by atoms with Gasteiger partial charge >= 0.3 is 0 Å². The van der Waals surface area contributed by atoms with Crippen LogP contribution in [0, 0.1) is 0 Å². The van der Waals surface area contributed by atoms with Gasteiger partial charge in [-0.2, -0.15) is 0 Å². The second-order valence-electron chi connectivity index (χ2n) is 7.82. The lowest BCUT2D eigenvalue weighted by Crippen LogP contribution is -1.96. The maximum atomic E-state index is 5.98. The van der Waals surface area contributed by atoms with Gasteiger partial charge in [-0.15, -0.1) is 0 Å². The van der Waals surface area contributed by atoms with E-state index in [1.807, 2.05) is 66.7 Å². The molecule has 164 valence electrons. The quantitative estimate of drug-likeness (QED) is 0.270. The van der Waals surface area contributed by atoms with Crippen molar-refractivity contribution < 1.29 is 4.74 Å². The summed E-state index contributed by atoms with van der Waals surface area (Å²) in [6.45, 7) is 4.30. The molecule has 5 aromatic rings. The van der Waals surface area contributed by atoms with Crippen molar-refractivity contribution in [3.05, 3.63) is 127 Å². The summed E-state index contributed by atoms with van der Waals surface area (Å²) in [5.74, 6) is 0.820. The molecule has 0 fully saturated rings. The summed E-state index contributed by atoms with van der Waals surface area (Å²) in [7, 11) is 0. The number of aromatic nitrogens is 3. The molecule has 4 nitrogen and oxygen atoms in total. The number of nitrogens with zero attached hydrogens (tertiary/aromatic N) is 3. The van der Waals surface area contributed by atoms with Gasteiger partial charge in [0.25, 0.3) is 0 Å². The Hall–Kier alpha value is -4.57. The molecular formula is C30H23N3O. The third-order valence-electron chi connectivity index (χ3n) is 5.49. The lowest BCUT2D eigenvalue weighted by molar-refractivity contribution is 0.306. The normalized spacial score (nSPS) is 10.6. The Labute approximate surface area is 199 Å². The highest BCUT2D eigenvalue weighted by atomic mass is 16.5. The van der Waals surface area contributed by atoms with Crippen molar-refractivity contribution in [1.29, 1.82) is 0 Å². The monoisotopic (exact) mass is 441 g/mol. The molecule has 0 bridgehead atoms. The average Bonchev–Trinajstić information content (AvgIpc) is 2.93. The topological polar surface area (TPSA) is 47.9 Å². The molecule has 0 amide bonds. The molecule has 0 saturated heterocycles. The number of rotatable bonds is 7. The molecule has 34 heavy (non-hydrogen) atoms. The van der Waals surface area contributed by atoms with E-state index in [0.29, 0.717) is 6.61 Å². The van der Waals surface area contributed by atoms with Gasteiger partial charge in [0.1, 0.15) is 12.4 Å². The molecular weight excluding hydrogens is 418 g/mol. The van der Waals surface area contributed by atoms with E-state index in [1.165, 1.54) is 0 Å². The van der Waals surface area contributed by atoms with E-state index in [1.54, 1.807) is 12.4 Å². The standard InChI is InChI=1S/C30H23N3O/c1-2-22-9-11-23(12-10-22)21-34-26-15-13-24(14-16-26)25-19-29(27-7-3-5-17-31-27)33-30(20-25)28-8-4-6-18-32-28/h2-20H,1,21H2. The highest BCUT2D eigenvalue weighted by molar-refractivity contribution is 5.74. The van der Waals surface area contributed by atoms with Crippen LogP contribution >= 0.6 is 0 Å². The van der Waals surface area contributed by atoms with Crippen molar-refractivity contribution >= 4 is 6.08 Å². The summed E-state index contributed by atoms with van der Waals surface area (Å²) in [5.41, 5.74) is 7.59. The predicted octanol–water partition coefficient (Wildman–Crippen LogP) is 7.09. The Morgan fingerprint density at radius 3 is 1.79 bits per heavy atom. The molecule has 3 aromatic heterocycles. The third-order valence-corrected chi connectivity index (χ3v) is 5.49. The first-order valence-electron chi connectivity index (χ1n) is 11.1. The molecule has 5 rings (SSSR count). The van der Waals surface area contributed by atoms with Gasteiger partial charge in [0, 0.05) is 12.4 Å². The first-order valence-corrected chi connectivity index (χ1v) is 11.1. The zero-order valence-electron chi connectivity index (χ0n) is 18.6. The Balaban J connectivity index is 1.42. The summed E-state index contributed by atoms with van der Waals surface area (Å²) < 4.78 is 5.98. The fourth-order valence-electron chi connectivity index (χ4n) is 3.65. The molecule has 0 aliphatic carbocycles. The van der Waals surface area contributed by atoms with Crippen molar-refractivity contribution in [1.82, 2.24) is 15.0 Å². The van der Waals surface area contributed by atoms with E-state index >= 15 is 0 Å². The van der Waals surface area contributed by atoms with Gasteiger partial charge in [-0.05, 0) is 70.8 Å². The average molecular weight is 442 g/mol. The molecule has 2 aromatic carbocycles. The number of hydrogen-bond acceptors (Lipinski definition) is 4. The molecule has 4 heteroatoms. The van der Waals surface area contributed by atoms with Crippen LogP contribution in [-0.4, -0.2) is 15.0 Å². The fraction of sp³-hybridized carbons (Fsp3) is 0.0333. The van der Waals surface area contributed by atoms with E-state index in [2.05, 4.69) is 52.9 Å². The minimum atomic E-state index is 0.514. The highest BCUT2D eigenvalue weighted by Crippen LogP contribution is 2.30. The molecule has 0 aliphatic rings. The van der Waals surface area contributed by atoms with Gasteiger partial charge in [-0.25, -0.2) is 4.98 Å². The second-order valence-corrected chi connectivity index (χ2v) is 7.82. The van der Waals surface area contributed by atoms with Crippen LogP contribution in [0.2, 0.25) is 0 Å². The zero-order valence-corrected chi connectivity index (χ0v) is 18.6. The molecule has 0 N–H and O–H groups in total. The van der Waals surface area contributed by atoms with Gasteiger partial charge in [-0.3, -0.25) is 9.97 Å². The Bertz CT molecular complexity index is 1320. The van der Waals surface area contributed by atoms with E-state index in [4.69, 9.17) is 9.72 Å². The van der Waals surface area contributed by atoms with Crippen LogP contribution in [0.5, 0.6) is 5.75 Å². The Kier molecular flexibility index (Phi) is 6.21. The van der Waals surface area contributed by atoms with Crippen molar-refractivity contribution in [2.75, 3.05) is 0 Å². The first-order chi connectivity index (χ1) is 16.8. The molecule has 0 spiro atoms. The van der Waals surface area contributed by atoms with E-state index < -0.39 is 0 Å². The second kappa shape index (κ2) is 9.92. The summed E-state index contributed by atoms with van der Waals surface area (Å²) in [4.78, 5) is 13.8. The van der Waals surface area contributed by atoms with Crippen molar-refractivity contribution in [3.8, 4) is 39.7 Å². The van der Waals surface area contributed by atoms with Crippen LogP contribution in [0.15, 0.2) is 116 Å². The van der Waals surface area contributed by atoms with Gasteiger partial charge in [0.2, 0.25) is 0 Å². The Morgan fingerprint density at radius 2 is 1.26 bits per heavy atom. The number of pyridine rings is 3. The lowest BCUT2D eigenvalue weighted by Gasteiger charge is -2.11. The number of hydrogen-bond donors (Lipinski definition) is 0. The number of ether oxygens (including phenoxy) is 1. The summed E-state index contributed by atoms with van der Waals surface area (Å²) in [5, 5.41) is 0. The summed E-state index contributed by atoms with van der Waals surface area (Å²) >= 11 is 0. The van der Waals surface area contributed by atoms with Gasteiger partial charge in [0.15, 0.2) is 0 Å². The van der Waals surface area contributed by atoms with Gasteiger partial charge in [-0.1, -0.05) is 61.2 Å². The molecule has 0 atom stereocenters. The van der Waals surface area contributed by atoms with Crippen LogP contribution < -0.4 is 4.74 Å².